The lowest BCUT2D eigenvalue weighted by atomic mass is 9.75. The second-order valence-electron chi connectivity index (χ2n) is 10.3. The van der Waals surface area contributed by atoms with Crippen LogP contribution in [0.2, 0.25) is 5.02 Å². The first-order valence-electron chi connectivity index (χ1n) is 11.6. The number of carboxylic acid groups (broad SMARTS) is 1. The van der Waals surface area contributed by atoms with Crippen LogP contribution in [0.3, 0.4) is 0 Å². The predicted octanol–water partition coefficient (Wildman–Crippen LogP) is 3.81. The van der Waals surface area contributed by atoms with Crippen LogP contribution in [0.5, 0.6) is 5.75 Å². The van der Waals surface area contributed by atoms with E-state index in [1.807, 2.05) is 11.0 Å². The molecule has 0 bridgehead atoms. The molecule has 2 atom stereocenters. The first-order chi connectivity index (χ1) is 15.4. The van der Waals surface area contributed by atoms with Gasteiger partial charge in [-0.25, -0.2) is 4.79 Å². The zero-order chi connectivity index (χ0) is 24.5. The SMILES string of the molecule is COc1cc(Cl)c(C(C)C)cc1NCC(=O)N1CCN(C2CN(C(=O)O)C2C(C)(C)C)CC1. The third kappa shape index (κ3) is 5.49. The Bertz CT molecular complexity index is 878. The second kappa shape index (κ2) is 9.97. The summed E-state index contributed by atoms with van der Waals surface area (Å²) in [7, 11) is 1.59. The minimum atomic E-state index is -0.857. The van der Waals surface area contributed by atoms with Crippen LogP contribution in [0, 0.1) is 5.41 Å². The van der Waals surface area contributed by atoms with Crippen molar-refractivity contribution in [3.8, 4) is 5.75 Å². The Balaban J connectivity index is 1.56. The molecule has 9 heteroatoms. The van der Waals surface area contributed by atoms with Crippen LogP contribution in [0.15, 0.2) is 12.1 Å². The molecule has 2 amide bonds. The van der Waals surface area contributed by atoms with Gasteiger partial charge >= 0.3 is 6.09 Å². The number of likely N-dealkylation sites (tertiary alicyclic amines) is 1. The third-order valence-corrected chi connectivity index (χ3v) is 7.05. The first kappa shape index (κ1) is 25.4. The first-order valence-corrected chi connectivity index (χ1v) is 11.9. The van der Waals surface area contributed by atoms with Crippen LogP contribution in [-0.4, -0.2) is 90.3 Å². The summed E-state index contributed by atoms with van der Waals surface area (Å²) in [5.41, 5.74) is 1.63. The van der Waals surface area contributed by atoms with Gasteiger partial charge in [-0.15, -0.1) is 0 Å². The molecular formula is C24H37ClN4O4. The van der Waals surface area contributed by atoms with E-state index in [0.29, 0.717) is 30.4 Å². The van der Waals surface area contributed by atoms with E-state index in [2.05, 4.69) is 44.8 Å². The molecule has 3 rings (SSSR count). The van der Waals surface area contributed by atoms with E-state index in [4.69, 9.17) is 16.3 Å². The van der Waals surface area contributed by atoms with E-state index in [-0.39, 0.29) is 35.9 Å². The number of carbonyl (C=O) groups excluding carboxylic acids is 1. The molecule has 33 heavy (non-hydrogen) atoms. The van der Waals surface area contributed by atoms with Crippen LogP contribution in [0.1, 0.15) is 46.1 Å². The van der Waals surface area contributed by atoms with Gasteiger partial charge in [-0.2, -0.15) is 0 Å². The lowest BCUT2D eigenvalue weighted by Gasteiger charge is -2.57. The van der Waals surface area contributed by atoms with Gasteiger partial charge in [0.15, 0.2) is 0 Å². The van der Waals surface area contributed by atoms with Crippen LogP contribution in [-0.2, 0) is 4.79 Å². The minimum absolute atomic E-state index is 0.0332. The summed E-state index contributed by atoms with van der Waals surface area (Å²) < 4.78 is 5.44. The molecule has 2 fully saturated rings. The summed E-state index contributed by atoms with van der Waals surface area (Å²) in [6, 6.07) is 3.90. The van der Waals surface area contributed by atoms with Crippen molar-refractivity contribution in [2.75, 3.05) is 51.7 Å². The number of ether oxygens (including phenoxy) is 1. The Morgan fingerprint density at radius 2 is 1.85 bits per heavy atom. The van der Waals surface area contributed by atoms with Crippen molar-refractivity contribution in [3.05, 3.63) is 22.7 Å². The fraction of sp³-hybridized carbons (Fsp3) is 0.667. The Morgan fingerprint density at radius 1 is 1.21 bits per heavy atom. The summed E-state index contributed by atoms with van der Waals surface area (Å²) in [5, 5.41) is 13.4. The lowest BCUT2D eigenvalue weighted by molar-refractivity contribution is -0.133. The number of hydrogen-bond acceptors (Lipinski definition) is 5. The molecule has 1 aromatic rings. The van der Waals surface area contributed by atoms with E-state index in [1.165, 1.54) is 4.90 Å². The van der Waals surface area contributed by atoms with Crippen molar-refractivity contribution >= 4 is 29.3 Å². The maximum absolute atomic E-state index is 12.9. The summed E-state index contributed by atoms with van der Waals surface area (Å²) >= 11 is 6.36. The van der Waals surface area contributed by atoms with Gasteiger partial charge in [0, 0.05) is 49.9 Å². The number of carbonyl (C=O) groups is 2. The van der Waals surface area contributed by atoms with Crippen molar-refractivity contribution in [1.82, 2.24) is 14.7 Å². The van der Waals surface area contributed by atoms with Gasteiger partial charge in [-0.05, 0) is 23.0 Å². The summed E-state index contributed by atoms with van der Waals surface area (Å²) in [5.74, 6) is 0.905. The summed E-state index contributed by atoms with van der Waals surface area (Å²) in [4.78, 5) is 30.2. The van der Waals surface area contributed by atoms with E-state index in [0.717, 1.165) is 24.3 Å². The quantitative estimate of drug-likeness (QED) is 0.644. The zero-order valence-corrected chi connectivity index (χ0v) is 21.3. The number of piperazine rings is 1. The van der Waals surface area contributed by atoms with E-state index in [1.54, 1.807) is 13.2 Å². The molecule has 0 radical (unpaired) electrons. The Morgan fingerprint density at radius 3 is 2.36 bits per heavy atom. The molecule has 0 aliphatic carbocycles. The van der Waals surface area contributed by atoms with Crippen LogP contribution in [0.4, 0.5) is 10.5 Å². The minimum Gasteiger partial charge on any atom is -0.495 e. The van der Waals surface area contributed by atoms with Gasteiger partial charge in [0.25, 0.3) is 0 Å². The molecule has 2 aliphatic heterocycles. The fourth-order valence-electron chi connectivity index (χ4n) is 4.95. The zero-order valence-electron chi connectivity index (χ0n) is 20.5. The number of halogens is 1. The van der Waals surface area contributed by atoms with Crippen molar-refractivity contribution in [2.45, 2.75) is 52.6 Å². The number of hydrogen-bond donors (Lipinski definition) is 2. The van der Waals surface area contributed by atoms with Gasteiger partial charge in [-0.1, -0.05) is 46.2 Å². The van der Waals surface area contributed by atoms with Gasteiger partial charge in [0.1, 0.15) is 5.75 Å². The van der Waals surface area contributed by atoms with Crippen molar-refractivity contribution in [1.29, 1.82) is 0 Å². The van der Waals surface area contributed by atoms with Crippen LogP contribution < -0.4 is 10.1 Å². The van der Waals surface area contributed by atoms with Gasteiger partial charge in [0.05, 0.1) is 25.4 Å². The fourth-order valence-corrected chi connectivity index (χ4v) is 5.32. The molecule has 2 saturated heterocycles. The molecule has 0 aromatic heterocycles. The summed E-state index contributed by atoms with van der Waals surface area (Å²) in [6.07, 6.45) is -0.857. The second-order valence-corrected chi connectivity index (χ2v) is 10.7. The highest BCUT2D eigenvalue weighted by molar-refractivity contribution is 6.31. The number of benzene rings is 1. The molecule has 1 aromatic carbocycles. The topological polar surface area (TPSA) is 85.4 Å². The van der Waals surface area contributed by atoms with Gasteiger partial charge in [-0.3, -0.25) is 9.69 Å². The normalized spacial score (nSPS) is 21.7. The van der Waals surface area contributed by atoms with Crippen LogP contribution in [0.25, 0.3) is 0 Å². The van der Waals surface area contributed by atoms with Gasteiger partial charge < -0.3 is 25.0 Å². The number of nitrogens with one attached hydrogen (secondary N) is 1. The standard InChI is InChI=1S/C24H37ClN4O4/c1-15(2)16-11-18(20(33-6)12-17(16)25)26-13-21(30)28-9-7-27(8-10-28)19-14-29(23(31)32)22(19)24(3,4)5/h11-12,15,19,22,26H,7-10,13-14H2,1-6H3,(H,31,32). The largest absolute Gasteiger partial charge is 0.495 e. The Labute approximate surface area is 201 Å². The molecule has 2 heterocycles. The molecule has 0 spiro atoms. The molecule has 184 valence electrons. The molecule has 8 nitrogen and oxygen atoms in total. The number of rotatable bonds is 6. The smallest absolute Gasteiger partial charge is 0.407 e. The van der Waals surface area contributed by atoms with Crippen molar-refractivity contribution in [2.24, 2.45) is 5.41 Å². The van der Waals surface area contributed by atoms with E-state index >= 15 is 0 Å². The third-order valence-electron chi connectivity index (χ3n) is 6.72. The highest BCUT2D eigenvalue weighted by Crippen LogP contribution is 2.37. The number of amides is 2. The van der Waals surface area contributed by atoms with E-state index < -0.39 is 6.09 Å². The number of anilines is 1. The molecule has 0 saturated carbocycles. The van der Waals surface area contributed by atoms with Crippen molar-refractivity contribution in [3.63, 3.8) is 0 Å². The van der Waals surface area contributed by atoms with Crippen molar-refractivity contribution < 1.29 is 19.4 Å². The average molecular weight is 481 g/mol. The monoisotopic (exact) mass is 480 g/mol. The molecular weight excluding hydrogens is 444 g/mol. The highest BCUT2D eigenvalue weighted by Gasteiger charge is 2.51. The predicted molar refractivity (Wildman–Crippen MR) is 130 cm³/mol. The molecule has 2 unspecified atom stereocenters. The maximum Gasteiger partial charge on any atom is 0.407 e. The number of nitrogens with zero attached hydrogens (tertiary/aromatic N) is 3. The van der Waals surface area contributed by atoms with Crippen LogP contribution >= 0.6 is 11.6 Å². The number of methoxy groups -OCH3 is 1. The maximum atomic E-state index is 12.9. The molecule has 2 aliphatic rings. The lowest BCUT2D eigenvalue weighted by Crippen LogP contribution is -2.73. The molecule has 2 N–H and O–H groups in total. The Kier molecular flexibility index (Phi) is 7.69. The summed E-state index contributed by atoms with van der Waals surface area (Å²) in [6.45, 7) is 13.9. The van der Waals surface area contributed by atoms with E-state index in [9.17, 15) is 14.7 Å². The average Bonchev–Trinajstić information content (AvgIpc) is 2.70. The van der Waals surface area contributed by atoms with Gasteiger partial charge in [0.2, 0.25) is 5.91 Å². The highest BCUT2D eigenvalue weighted by atomic mass is 35.5. The Hall–Kier alpha value is -2.19.